The molecule has 1 aromatic heterocycles. The normalized spacial score (nSPS) is 25.2. The summed E-state index contributed by atoms with van der Waals surface area (Å²) in [5, 5.41) is 5.97. The van der Waals surface area contributed by atoms with Crippen molar-refractivity contribution < 1.29 is 27.6 Å². The Bertz CT molecular complexity index is 1580. The molecule has 2 N–H and O–H groups in total. The van der Waals surface area contributed by atoms with Crippen molar-refractivity contribution in [2.24, 2.45) is 0 Å². The summed E-state index contributed by atoms with van der Waals surface area (Å²) in [7, 11) is 0. The van der Waals surface area contributed by atoms with Crippen LogP contribution in [-0.4, -0.2) is 52.4 Å². The van der Waals surface area contributed by atoms with Crippen LogP contribution in [0.2, 0.25) is 5.02 Å². The molecule has 3 aromatic rings. The van der Waals surface area contributed by atoms with E-state index >= 15 is 0 Å². The lowest BCUT2D eigenvalue weighted by Gasteiger charge is -2.43. The van der Waals surface area contributed by atoms with Crippen LogP contribution in [0.1, 0.15) is 51.9 Å². The number of rotatable bonds is 4. The van der Waals surface area contributed by atoms with Crippen LogP contribution >= 0.6 is 11.6 Å². The average molecular weight is 583 g/mol. The maximum Gasteiger partial charge on any atom is 0.406 e. The van der Waals surface area contributed by atoms with Crippen LogP contribution in [0, 0.1) is 0 Å². The van der Waals surface area contributed by atoms with Crippen LogP contribution in [0.5, 0.6) is 0 Å². The fraction of sp³-hybridized carbons (Fsp3) is 0.333. The second-order valence-corrected chi connectivity index (χ2v) is 11.5. The number of nitrogens with zero attached hydrogens (tertiary/aromatic N) is 2. The number of anilines is 1. The molecule has 4 atom stereocenters. The Morgan fingerprint density at radius 1 is 1.12 bits per heavy atom. The van der Waals surface area contributed by atoms with E-state index in [4.69, 9.17) is 11.6 Å². The van der Waals surface area contributed by atoms with Gasteiger partial charge in [-0.15, -0.1) is 0 Å². The van der Waals surface area contributed by atoms with Gasteiger partial charge in [0.15, 0.2) is 0 Å². The second kappa shape index (κ2) is 9.87. The Balaban J connectivity index is 1.25. The van der Waals surface area contributed by atoms with E-state index in [1.54, 1.807) is 61.7 Å². The number of pyridine rings is 1. The third-order valence-corrected chi connectivity index (χ3v) is 8.75. The number of halogens is 4. The van der Waals surface area contributed by atoms with Gasteiger partial charge < -0.3 is 15.5 Å². The van der Waals surface area contributed by atoms with Crippen LogP contribution in [-0.2, 0) is 27.8 Å². The van der Waals surface area contributed by atoms with Crippen LogP contribution in [0.3, 0.4) is 0 Å². The third-order valence-electron chi connectivity index (χ3n) is 8.52. The minimum atomic E-state index is -4.61. The third kappa shape index (κ3) is 4.84. The molecule has 0 saturated carbocycles. The molecule has 1 fully saturated rings. The fourth-order valence-electron chi connectivity index (χ4n) is 6.51. The molecule has 6 rings (SSSR count). The number of hydrogen-bond acceptors (Lipinski definition) is 4. The maximum absolute atomic E-state index is 13.5. The van der Waals surface area contributed by atoms with Gasteiger partial charge in [-0.05, 0) is 73.2 Å². The van der Waals surface area contributed by atoms with Crippen molar-refractivity contribution in [2.45, 2.75) is 55.8 Å². The molecule has 3 amide bonds. The van der Waals surface area contributed by atoms with E-state index in [1.165, 1.54) is 0 Å². The van der Waals surface area contributed by atoms with E-state index in [9.17, 15) is 27.6 Å². The largest absolute Gasteiger partial charge is 0.406 e. The smallest absolute Gasteiger partial charge is 0.340 e. The summed E-state index contributed by atoms with van der Waals surface area (Å²) in [5.74, 6) is -1.45. The summed E-state index contributed by atoms with van der Waals surface area (Å²) < 4.78 is 40.4. The average Bonchev–Trinajstić information content (AvgIpc) is 3.44. The van der Waals surface area contributed by atoms with Gasteiger partial charge in [-0.2, -0.15) is 13.2 Å². The number of nitrogens with one attached hydrogen (secondary N) is 2. The zero-order valence-corrected chi connectivity index (χ0v) is 22.7. The first-order valence-corrected chi connectivity index (χ1v) is 13.7. The number of carbonyl (C=O) groups is 3. The number of alkyl halides is 3. The van der Waals surface area contributed by atoms with E-state index in [1.807, 2.05) is 6.07 Å². The molecule has 212 valence electrons. The summed E-state index contributed by atoms with van der Waals surface area (Å²) in [5.41, 5.74) is 2.71. The molecule has 11 heteroatoms. The molecule has 3 aliphatic rings. The molecule has 1 aliphatic carbocycles. The Morgan fingerprint density at radius 3 is 2.66 bits per heavy atom. The van der Waals surface area contributed by atoms with Gasteiger partial charge in [0.25, 0.3) is 5.91 Å². The second-order valence-electron chi connectivity index (χ2n) is 11.0. The first kappa shape index (κ1) is 27.3. The quantitative estimate of drug-likeness (QED) is 0.463. The Hall–Kier alpha value is -3.92. The minimum absolute atomic E-state index is 0.123. The molecule has 1 saturated heterocycles. The van der Waals surface area contributed by atoms with Crippen molar-refractivity contribution in [3.8, 4) is 0 Å². The van der Waals surface area contributed by atoms with Gasteiger partial charge >= 0.3 is 6.18 Å². The summed E-state index contributed by atoms with van der Waals surface area (Å²) in [4.78, 5) is 44.7. The summed E-state index contributed by atoms with van der Waals surface area (Å²) >= 11 is 6.15. The highest BCUT2D eigenvalue weighted by Gasteiger charge is 2.51. The fourth-order valence-corrected chi connectivity index (χ4v) is 6.71. The molecule has 1 unspecified atom stereocenters. The molecule has 41 heavy (non-hydrogen) atoms. The number of fused-ring (bicyclic) bond motifs is 3. The SMILES string of the molecule is C[C@H]1[C@@H](c2cccc(Cl)c2)C[C@@H](NC(=O)c2ccc3c(c2)CC2(C3)C(=O)Nc3ncccc32)C(=O)N1CC(F)(F)F. The van der Waals surface area contributed by atoms with E-state index in [0.717, 1.165) is 21.6 Å². The highest BCUT2D eigenvalue weighted by atomic mass is 35.5. The number of piperidine rings is 1. The lowest BCUT2D eigenvalue weighted by Crippen LogP contribution is -2.59. The van der Waals surface area contributed by atoms with E-state index in [2.05, 4.69) is 15.6 Å². The van der Waals surface area contributed by atoms with Crippen LogP contribution in [0.15, 0.2) is 60.8 Å². The molecule has 2 aliphatic heterocycles. The highest BCUT2D eigenvalue weighted by Crippen LogP contribution is 2.46. The number of hydrogen-bond donors (Lipinski definition) is 2. The molecule has 7 nitrogen and oxygen atoms in total. The molecule has 2 aromatic carbocycles. The van der Waals surface area contributed by atoms with Crippen molar-refractivity contribution in [3.05, 3.63) is 93.6 Å². The summed E-state index contributed by atoms with van der Waals surface area (Å²) in [6, 6.07) is 13.6. The zero-order chi connectivity index (χ0) is 29.1. The molecule has 0 bridgehead atoms. The topological polar surface area (TPSA) is 91.4 Å². The summed E-state index contributed by atoms with van der Waals surface area (Å²) in [6.07, 6.45) is -2.03. The van der Waals surface area contributed by atoms with Crippen molar-refractivity contribution >= 4 is 35.1 Å². The predicted molar refractivity (Wildman–Crippen MR) is 146 cm³/mol. The lowest BCUT2D eigenvalue weighted by molar-refractivity contribution is -0.170. The Morgan fingerprint density at radius 2 is 1.90 bits per heavy atom. The first-order chi connectivity index (χ1) is 19.4. The van der Waals surface area contributed by atoms with Gasteiger partial charge in [-0.3, -0.25) is 14.4 Å². The lowest BCUT2D eigenvalue weighted by atomic mass is 9.79. The molecular formula is C30H26ClF3N4O3. The van der Waals surface area contributed by atoms with Gasteiger partial charge in [0.2, 0.25) is 11.8 Å². The summed E-state index contributed by atoms with van der Waals surface area (Å²) in [6.45, 7) is 0.159. The van der Waals surface area contributed by atoms with Crippen molar-refractivity contribution in [3.63, 3.8) is 0 Å². The molecule has 0 radical (unpaired) electrons. The van der Waals surface area contributed by atoms with E-state index < -0.39 is 48.0 Å². The molecule has 1 spiro atoms. The highest BCUT2D eigenvalue weighted by molar-refractivity contribution is 6.30. The van der Waals surface area contributed by atoms with Crippen LogP contribution < -0.4 is 10.6 Å². The van der Waals surface area contributed by atoms with E-state index in [-0.39, 0.29) is 17.9 Å². The minimum Gasteiger partial charge on any atom is -0.340 e. The van der Waals surface area contributed by atoms with Crippen LogP contribution in [0.25, 0.3) is 0 Å². The van der Waals surface area contributed by atoms with Gasteiger partial charge in [0.05, 0.1) is 5.41 Å². The monoisotopic (exact) mass is 582 g/mol. The van der Waals surface area contributed by atoms with Crippen LogP contribution in [0.4, 0.5) is 19.0 Å². The number of amides is 3. The molecular weight excluding hydrogens is 557 g/mol. The molecule has 3 heterocycles. The standard InChI is InChI=1S/C30H26ClF3N4O3/c1-16-22(17-4-2-5-21(31)11-17)12-24(27(40)38(16)15-30(32,33)34)36-26(39)18-7-8-19-13-29(14-20(19)10-18)23-6-3-9-35-25(23)37-28(29)41/h2-11,16,22,24H,12-15H2,1H3,(H,36,39)(H,35,37,41)/t16-,22-,24+,29?/m0/s1. The number of likely N-dealkylation sites (tertiary alicyclic amines) is 1. The van der Waals surface area contributed by atoms with Crippen molar-refractivity contribution in [1.29, 1.82) is 0 Å². The van der Waals surface area contributed by atoms with Gasteiger partial charge in [0, 0.05) is 34.3 Å². The van der Waals surface area contributed by atoms with Crippen molar-refractivity contribution in [1.82, 2.24) is 15.2 Å². The predicted octanol–water partition coefficient (Wildman–Crippen LogP) is 4.79. The Labute approximate surface area is 239 Å². The maximum atomic E-state index is 13.5. The number of aromatic nitrogens is 1. The van der Waals surface area contributed by atoms with Gasteiger partial charge in [-0.1, -0.05) is 35.9 Å². The van der Waals surface area contributed by atoms with E-state index in [0.29, 0.717) is 29.2 Å². The van der Waals surface area contributed by atoms with Crippen molar-refractivity contribution in [2.75, 3.05) is 11.9 Å². The van der Waals surface area contributed by atoms with Gasteiger partial charge in [0.1, 0.15) is 18.4 Å². The number of benzene rings is 2. The zero-order valence-electron chi connectivity index (χ0n) is 22.0. The first-order valence-electron chi connectivity index (χ1n) is 13.3. The Kier molecular flexibility index (Phi) is 6.56. The number of carbonyl (C=O) groups excluding carboxylic acids is 3. The van der Waals surface area contributed by atoms with Gasteiger partial charge in [-0.25, -0.2) is 4.98 Å².